The summed E-state index contributed by atoms with van der Waals surface area (Å²) in [7, 11) is 0. The molecule has 2 aliphatic rings. The summed E-state index contributed by atoms with van der Waals surface area (Å²) in [5.41, 5.74) is 3.79. The van der Waals surface area contributed by atoms with Crippen LogP contribution in [0.4, 0.5) is 9.18 Å². The van der Waals surface area contributed by atoms with Crippen LogP contribution in [0.2, 0.25) is 0 Å². The first-order valence-corrected chi connectivity index (χ1v) is 15.0. The fourth-order valence-electron chi connectivity index (χ4n) is 6.48. The lowest BCUT2D eigenvalue weighted by Gasteiger charge is -2.37. The van der Waals surface area contributed by atoms with E-state index in [0.29, 0.717) is 24.9 Å². The van der Waals surface area contributed by atoms with E-state index >= 15 is 0 Å². The number of carbonyl (C=O) groups excluding carboxylic acids is 1. The summed E-state index contributed by atoms with van der Waals surface area (Å²) in [4.78, 5) is 18.7. The van der Waals surface area contributed by atoms with Crippen molar-refractivity contribution in [1.82, 2.24) is 9.80 Å². The molecule has 2 aliphatic heterocycles. The Labute approximate surface area is 258 Å². The van der Waals surface area contributed by atoms with Crippen LogP contribution in [-0.4, -0.2) is 45.9 Å². The van der Waals surface area contributed by atoms with E-state index in [-0.39, 0.29) is 24.2 Å². The van der Waals surface area contributed by atoms with Gasteiger partial charge in [0.25, 0.3) is 0 Å². The number of hydrogen-bond donors (Lipinski definition) is 0. The minimum absolute atomic E-state index is 0.0491. The van der Waals surface area contributed by atoms with Crippen molar-refractivity contribution in [3.05, 3.63) is 143 Å². The average molecular weight is 590 g/mol. The second kappa shape index (κ2) is 12.6. The quantitative estimate of drug-likeness (QED) is 0.225. The summed E-state index contributed by atoms with van der Waals surface area (Å²) < 4.78 is 27.8. The molecule has 0 spiro atoms. The van der Waals surface area contributed by atoms with Gasteiger partial charge in [-0.1, -0.05) is 97.1 Å². The molecule has 4 aromatic carbocycles. The van der Waals surface area contributed by atoms with Gasteiger partial charge >= 0.3 is 6.03 Å². The van der Waals surface area contributed by atoms with E-state index in [9.17, 15) is 14.4 Å². The first-order chi connectivity index (χ1) is 21.3. The standard InChI is InChI=1S/C37H36FN3O3/c1-37(2)43-34-32(21-26-12-6-3-7-13-26)40(24-28-16-10-5-11-17-28)36(42)41(25-29-18-19-31(38)30(20-29)23-39)33(35(34)44-37)22-27-14-8-4-9-15-27/h3-20,32-35H,21-22,24-25H2,1-2H3. The lowest BCUT2D eigenvalue weighted by molar-refractivity contribution is -0.157. The third kappa shape index (κ3) is 6.37. The molecule has 2 heterocycles. The number of rotatable bonds is 8. The fourth-order valence-corrected chi connectivity index (χ4v) is 6.48. The zero-order valence-corrected chi connectivity index (χ0v) is 25.0. The summed E-state index contributed by atoms with van der Waals surface area (Å²) in [6.07, 6.45) is 0.261. The summed E-state index contributed by atoms with van der Waals surface area (Å²) in [6.45, 7) is 4.41. The monoisotopic (exact) mass is 589 g/mol. The minimum atomic E-state index is -0.868. The predicted molar refractivity (Wildman–Crippen MR) is 166 cm³/mol. The minimum Gasteiger partial charge on any atom is -0.342 e. The van der Waals surface area contributed by atoms with Crippen LogP contribution in [0.15, 0.2) is 109 Å². The maximum Gasteiger partial charge on any atom is 0.321 e. The molecule has 0 radical (unpaired) electrons. The smallest absolute Gasteiger partial charge is 0.321 e. The molecule has 2 saturated heterocycles. The maximum absolute atomic E-state index is 15.0. The molecule has 4 unspecified atom stereocenters. The molecule has 0 N–H and O–H groups in total. The van der Waals surface area contributed by atoms with Gasteiger partial charge < -0.3 is 19.3 Å². The van der Waals surface area contributed by atoms with Gasteiger partial charge in [0.2, 0.25) is 0 Å². The Balaban J connectivity index is 1.49. The van der Waals surface area contributed by atoms with Crippen LogP contribution in [0.3, 0.4) is 0 Å². The van der Waals surface area contributed by atoms with Gasteiger partial charge in [-0.15, -0.1) is 0 Å². The van der Waals surface area contributed by atoms with E-state index in [1.165, 1.54) is 12.1 Å². The maximum atomic E-state index is 15.0. The van der Waals surface area contributed by atoms with Crippen molar-refractivity contribution in [2.75, 3.05) is 0 Å². The largest absolute Gasteiger partial charge is 0.342 e. The highest BCUT2D eigenvalue weighted by atomic mass is 19.1. The number of hydrogen-bond acceptors (Lipinski definition) is 4. The topological polar surface area (TPSA) is 65.8 Å². The van der Waals surface area contributed by atoms with E-state index < -0.39 is 29.9 Å². The van der Waals surface area contributed by atoms with Crippen molar-refractivity contribution in [2.24, 2.45) is 0 Å². The predicted octanol–water partition coefficient (Wildman–Crippen LogP) is 6.88. The van der Waals surface area contributed by atoms with Crippen molar-refractivity contribution in [1.29, 1.82) is 5.26 Å². The van der Waals surface area contributed by atoms with E-state index in [2.05, 4.69) is 24.3 Å². The Kier molecular flexibility index (Phi) is 8.47. The molecular formula is C37H36FN3O3. The Morgan fingerprint density at radius 1 is 0.705 bits per heavy atom. The number of nitrogens with zero attached hydrogens (tertiary/aromatic N) is 3. The van der Waals surface area contributed by atoms with Gasteiger partial charge in [0.05, 0.1) is 17.6 Å². The third-order valence-electron chi connectivity index (χ3n) is 8.49. The highest BCUT2D eigenvalue weighted by Gasteiger charge is 2.55. The van der Waals surface area contributed by atoms with Gasteiger partial charge in [-0.05, 0) is 61.1 Å². The Morgan fingerprint density at radius 2 is 1.16 bits per heavy atom. The van der Waals surface area contributed by atoms with Gasteiger partial charge in [-0.3, -0.25) is 0 Å². The second-order valence-electron chi connectivity index (χ2n) is 12.0. The molecule has 0 bridgehead atoms. The van der Waals surface area contributed by atoms with Crippen LogP contribution >= 0.6 is 0 Å². The van der Waals surface area contributed by atoms with E-state index in [0.717, 1.165) is 16.7 Å². The molecular weight excluding hydrogens is 553 g/mol. The van der Waals surface area contributed by atoms with Crippen LogP contribution < -0.4 is 0 Å². The lowest BCUT2D eigenvalue weighted by Crippen LogP contribution is -2.51. The Morgan fingerprint density at radius 3 is 1.64 bits per heavy atom. The molecule has 2 amide bonds. The first kappa shape index (κ1) is 29.6. The van der Waals surface area contributed by atoms with Gasteiger partial charge in [0.1, 0.15) is 24.1 Å². The molecule has 6 rings (SSSR count). The second-order valence-corrected chi connectivity index (χ2v) is 12.0. The average Bonchev–Trinajstić information content (AvgIpc) is 3.34. The van der Waals surface area contributed by atoms with E-state index in [4.69, 9.17) is 9.47 Å². The van der Waals surface area contributed by atoms with Gasteiger partial charge in [-0.2, -0.15) is 5.26 Å². The van der Waals surface area contributed by atoms with E-state index in [1.54, 1.807) is 6.07 Å². The zero-order valence-electron chi connectivity index (χ0n) is 25.0. The van der Waals surface area contributed by atoms with Gasteiger partial charge in [-0.25, -0.2) is 9.18 Å². The van der Waals surface area contributed by atoms with Crippen molar-refractivity contribution in [2.45, 2.75) is 69.9 Å². The van der Waals surface area contributed by atoms with Crippen LogP contribution in [0.1, 0.15) is 41.7 Å². The van der Waals surface area contributed by atoms with E-state index in [1.807, 2.05) is 96.4 Å². The number of urea groups is 1. The zero-order chi connectivity index (χ0) is 30.7. The SMILES string of the molecule is CC1(C)OC2C(O1)C(Cc1ccccc1)N(Cc1ccc(F)c(C#N)c1)C(=O)N(Cc1ccccc1)C2Cc1ccccc1. The number of carbonyl (C=O) groups is 1. The third-order valence-corrected chi connectivity index (χ3v) is 8.49. The molecule has 2 fully saturated rings. The van der Waals surface area contributed by atoms with Gasteiger partial charge in [0, 0.05) is 13.1 Å². The highest BCUT2D eigenvalue weighted by molar-refractivity contribution is 5.76. The summed E-state index contributed by atoms with van der Waals surface area (Å²) in [5.74, 6) is -1.45. The Bertz CT molecular complexity index is 1620. The lowest BCUT2D eigenvalue weighted by atomic mass is 9.91. The van der Waals surface area contributed by atoms with Gasteiger partial charge in [0.15, 0.2) is 5.79 Å². The number of fused-ring (bicyclic) bond motifs is 1. The summed E-state index contributed by atoms with van der Waals surface area (Å²) >= 11 is 0. The number of amides is 2. The molecule has 224 valence electrons. The molecule has 0 saturated carbocycles. The molecule has 4 aromatic rings. The van der Waals surface area contributed by atoms with Crippen molar-refractivity contribution in [3.8, 4) is 6.07 Å². The molecule has 0 aliphatic carbocycles. The molecule has 4 atom stereocenters. The molecule has 0 aromatic heterocycles. The molecule has 7 heteroatoms. The van der Waals surface area contributed by atoms with Crippen LogP contribution in [0.25, 0.3) is 0 Å². The van der Waals surface area contributed by atoms with Crippen molar-refractivity contribution >= 4 is 6.03 Å². The normalized spacial score (nSPS) is 22.7. The summed E-state index contributed by atoms with van der Waals surface area (Å²) in [6, 6.07) is 35.7. The van der Waals surface area contributed by atoms with Crippen LogP contribution in [0.5, 0.6) is 0 Å². The number of halogens is 1. The first-order valence-electron chi connectivity index (χ1n) is 15.0. The summed E-state index contributed by atoms with van der Waals surface area (Å²) in [5, 5.41) is 9.54. The fraction of sp³-hybridized carbons (Fsp3) is 0.297. The van der Waals surface area contributed by atoms with Crippen molar-refractivity contribution < 1.29 is 18.7 Å². The Hall–Kier alpha value is -4.51. The number of nitriles is 1. The van der Waals surface area contributed by atoms with Crippen LogP contribution in [-0.2, 0) is 35.4 Å². The number of benzene rings is 4. The molecule has 44 heavy (non-hydrogen) atoms. The molecule has 6 nitrogen and oxygen atoms in total. The van der Waals surface area contributed by atoms with Crippen molar-refractivity contribution in [3.63, 3.8) is 0 Å². The van der Waals surface area contributed by atoms with Crippen LogP contribution in [0, 0.1) is 17.1 Å². The number of ether oxygens (including phenoxy) is 2. The highest BCUT2D eigenvalue weighted by Crippen LogP contribution is 2.40.